The van der Waals surface area contributed by atoms with Gasteiger partial charge in [-0.2, -0.15) is 0 Å². The van der Waals surface area contributed by atoms with Crippen molar-refractivity contribution in [2.24, 2.45) is 5.73 Å². The van der Waals surface area contributed by atoms with Gasteiger partial charge in [-0.05, 0) is 29.8 Å². The summed E-state index contributed by atoms with van der Waals surface area (Å²) in [6.07, 6.45) is 1.18. The third-order valence-electron chi connectivity index (χ3n) is 3.66. The largest absolute Gasteiger partial charge is 0.370 e. The summed E-state index contributed by atoms with van der Waals surface area (Å²) in [5.41, 5.74) is 7.69. The fourth-order valence-electron chi connectivity index (χ4n) is 2.37. The van der Waals surface area contributed by atoms with E-state index in [1.807, 2.05) is 53.4 Å². The van der Waals surface area contributed by atoms with Crippen molar-refractivity contribution in [3.8, 4) is 0 Å². The van der Waals surface area contributed by atoms with Crippen LogP contribution in [0.4, 0.5) is 0 Å². The maximum atomic E-state index is 11.1. The lowest BCUT2D eigenvalue weighted by Gasteiger charge is -2.25. The molecule has 4 nitrogen and oxygen atoms in total. The molecular formula is C19H23N3OS. The molecule has 1 amide bonds. The van der Waals surface area contributed by atoms with Crippen LogP contribution in [0.5, 0.6) is 0 Å². The predicted molar refractivity (Wildman–Crippen MR) is 101 cm³/mol. The third-order valence-corrected chi connectivity index (χ3v) is 4.07. The van der Waals surface area contributed by atoms with Crippen molar-refractivity contribution in [1.29, 1.82) is 0 Å². The van der Waals surface area contributed by atoms with Crippen LogP contribution in [-0.2, 0) is 17.8 Å². The van der Waals surface area contributed by atoms with Gasteiger partial charge >= 0.3 is 0 Å². The quantitative estimate of drug-likeness (QED) is 0.724. The van der Waals surface area contributed by atoms with Gasteiger partial charge in [0.2, 0.25) is 5.91 Å². The molecule has 126 valence electrons. The van der Waals surface area contributed by atoms with E-state index in [9.17, 15) is 4.79 Å². The van der Waals surface area contributed by atoms with Crippen LogP contribution in [0.25, 0.3) is 0 Å². The van der Waals surface area contributed by atoms with E-state index in [1.54, 1.807) is 0 Å². The number of nitrogens with one attached hydrogen (secondary N) is 1. The molecule has 3 N–H and O–H groups in total. The minimum absolute atomic E-state index is 0.285. The topological polar surface area (TPSA) is 58.4 Å². The molecular weight excluding hydrogens is 318 g/mol. The maximum absolute atomic E-state index is 11.1. The van der Waals surface area contributed by atoms with Crippen molar-refractivity contribution in [1.82, 2.24) is 10.2 Å². The fourth-order valence-corrected chi connectivity index (χ4v) is 2.63. The summed E-state index contributed by atoms with van der Waals surface area (Å²) < 4.78 is 0. The number of benzene rings is 2. The summed E-state index contributed by atoms with van der Waals surface area (Å²) in [6.45, 7) is 1.93. The number of hydrogen-bond acceptors (Lipinski definition) is 2. The second-order valence-electron chi connectivity index (χ2n) is 5.59. The Balaban J connectivity index is 1.89. The number of nitrogens with two attached hydrogens (primary N) is 1. The van der Waals surface area contributed by atoms with Crippen molar-refractivity contribution in [3.63, 3.8) is 0 Å². The van der Waals surface area contributed by atoms with Crippen LogP contribution in [0.1, 0.15) is 17.5 Å². The van der Waals surface area contributed by atoms with Gasteiger partial charge in [0, 0.05) is 26.1 Å². The predicted octanol–water partition coefficient (Wildman–Crippen LogP) is 2.48. The van der Waals surface area contributed by atoms with E-state index < -0.39 is 0 Å². The molecule has 0 saturated heterocycles. The average molecular weight is 341 g/mol. The highest BCUT2D eigenvalue weighted by Gasteiger charge is 2.11. The van der Waals surface area contributed by atoms with Crippen molar-refractivity contribution in [2.75, 3.05) is 13.1 Å². The van der Waals surface area contributed by atoms with Crippen LogP contribution in [0.3, 0.4) is 0 Å². The van der Waals surface area contributed by atoms with E-state index in [0.29, 0.717) is 18.2 Å². The molecule has 0 atom stereocenters. The van der Waals surface area contributed by atoms with Gasteiger partial charge in [0.1, 0.15) is 0 Å². The number of hydrogen-bond donors (Lipinski definition) is 2. The zero-order valence-corrected chi connectivity index (χ0v) is 14.5. The molecule has 24 heavy (non-hydrogen) atoms. The van der Waals surface area contributed by atoms with Crippen LogP contribution in [0.15, 0.2) is 60.7 Å². The number of thiocarbonyl (C=S) groups is 1. The molecule has 0 aliphatic heterocycles. The lowest BCUT2D eigenvalue weighted by atomic mass is 10.1. The van der Waals surface area contributed by atoms with Gasteiger partial charge in [-0.15, -0.1) is 0 Å². The van der Waals surface area contributed by atoms with E-state index >= 15 is 0 Å². The first-order chi connectivity index (χ1) is 11.6. The van der Waals surface area contributed by atoms with Crippen LogP contribution in [0.2, 0.25) is 0 Å². The summed E-state index contributed by atoms with van der Waals surface area (Å²) in [4.78, 5) is 13.1. The molecule has 0 spiro atoms. The van der Waals surface area contributed by atoms with Crippen LogP contribution in [-0.4, -0.2) is 29.0 Å². The molecule has 0 radical (unpaired) electrons. The molecule has 2 rings (SSSR count). The Morgan fingerprint density at radius 2 is 1.58 bits per heavy atom. The Hall–Kier alpha value is -2.40. The summed E-state index contributed by atoms with van der Waals surface area (Å²) in [5.74, 6) is -0.319. The minimum Gasteiger partial charge on any atom is -0.370 e. The summed E-state index contributed by atoms with van der Waals surface area (Å²) in [7, 11) is 0. The van der Waals surface area contributed by atoms with E-state index in [-0.39, 0.29) is 12.3 Å². The highest BCUT2D eigenvalue weighted by Crippen LogP contribution is 2.06. The SMILES string of the molecule is NC(=O)CCN(Cc1ccccc1)C(=S)NCCc1ccccc1. The smallest absolute Gasteiger partial charge is 0.219 e. The normalized spacial score (nSPS) is 10.2. The molecule has 0 aliphatic carbocycles. The van der Waals surface area contributed by atoms with Gasteiger partial charge in [-0.1, -0.05) is 60.7 Å². The summed E-state index contributed by atoms with van der Waals surface area (Å²) >= 11 is 5.50. The molecule has 0 saturated carbocycles. The van der Waals surface area contributed by atoms with Crippen molar-refractivity contribution in [2.45, 2.75) is 19.4 Å². The van der Waals surface area contributed by atoms with E-state index in [0.717, 1.165) is 18.5 Å². The van der Waals surface area contributed by atoms with Crippen LogP contribution < -0.4 is 11.1 Å². The number of rotatable bonds is 8. The fraction of sp³-hybridized carbons (Fsp3) is 0.263. The number of carbonyl (C=O) groups is 1. The first kappa shape index (κ1) is 17.9. The van der Waals surface area contributed by atoms with E-state index in [1.165, 1.54) is 5.56 Å². The highest BCUT2D eigenvalue weighted by atomic mass is 32.1. The van der Waals surface area contributed by atoms with Gasteiger partial charge in [-0.3, -0.25) is 4.79 Å². The van der Waals surface area contributed by atoms with Gasteiger partial charge < -0.3 is 16.0 Å². The summed E-state index contributed by atoms with van der Waals surface area (Å²) in [6, 6.07) is 20.3. The van der Waals surface area contributed by atoms with E-state index in [4.69, 9.17) is 18.0 Å². The summed E-state index contributed by atoms with van der Waals surface area (Å²) in [5, 5.41) is 3.93. The molecule has 2 aromatic rings. The molecule has 2 aromatic carbocycles. The molecule has 0 fully saturated rings. The molecule has 0 heterocycles. The van der Waals surface area contributed by atoms with Gasteiger partial charge in [0.15, 0.2) is 5.11 Å². The third kappa shape index (κ3) is 6.38. The van der Waals surface area contributed by atoms with Gasteiger partial charge in [-0.25, -0.2) is 0 Å². The van der Waals surface area contributed by atoms with Crippen molar-refractivity contribution < 1.29 is 4.79 Å². The van der Waals surface area contributed by atoms with Crippen LogP contribution >= 0.6 is 12.2 Å². The Morgan fingerprint density at radius 3 is 2.17 bits per heavy atom. The Bertz CT molecular complexity index is 646. The molecule has 5 heteroatoms. The van der Waals surface area contributed by atoms with Crippen LogP contribution in [0, 0.1) is 0 Å². The standard InChI is InChI=1S/C19H23N3OS/c20-18(23)12-14-22(15-17-9-5-2-6-10-17)19(24)21-13-11-16-7-3-1-4-8-16/h1-10H,11-15H2,(H2,20,23)(H,21,24). The zero-order valence-electron chi connectivity index (χ0n) is 13.7. The zero-order chi connectivity index (χ0) is 17.2. The lowest BCUT2D eigenvalue weighted by Crippen LogP contribution is -2.41. The molecule has 0 aliphatic rings. The number of primary amides is 1. The van der Waals surface area contributed by atoms with Gasteiger partial charge in [0.25, 0.3) is 0 Å². The molecule has 0 unspecified atom stereocenters. The van der Waals surface area contributed by atoms with Crippen molar-refractivity contribution >= 4 is 23.2 Å². The Labute approximate surface area is 148 Å². The van der Waals surface area contributed by atoms with Gasteiger partial charge in [0.05, 0.1) is 0 Å². The first-order valence-corrected chi connectivity index (χ1v) is 8.45. The highest BCUT2D eigenvalue weighted by molar-refractivity contribution is 7.80. The first-order valence-electron chi connectivity index (χ1n) is 8.04. The van der Waals surface area contributed by atoms with E-state index in [2.05, 4.69) is 17.4 Å². The number of nitrogens with zero attached hydrogens (tertiary/aromatic N) is 1. The Kier molecular flexibility index (Phi) is 7.23. The monoisotopic (exact) mass is 341 g/mol. The maximum Gasteiger partial charge on any atom is 0.219 e. The minimum atomic E-state index is -0.319. The number of amides is 1. The number of carbonyl (C=O) groups excluding carboxylic acids is 1. The second kappa shape index (κ2) is 9.67. The average Bonchev–Trinajstić information content (AvgIpc) is 2.60. The lowest BCUT2D eigenvalue weighted by molar-refractivity contribution is -0.118. The molecule has 0 aromatic heterocycles. The molecule has 0 bridgehead atoms. The Morgan fingerprint density at radius 1 is 1.00 bits per heavy atom. The second-order valence-corrected chi connectivity index (χ2v) is 5.98. The van der Waals surface area contributed by atoms with Crippen molar-refractivity contribution in [3.05, 3.63) is 71.8 Å².